The smallest absolute Gasteiger partial charge is 0.410 e. The third-order valence-corrected chi connectivity index (χ3v) is 4.87. The van der Waals surface area contributed by atoms with E-state index in [4.69, 9.17) is 9.15 Å². The molecule has 2 aromatic rings. The molecule has 1 unspecified atom stereocenters. The van der Waals surface area contributed by atoms with Crippen molar-refractivity contribution in [1.29, 1.82) is 0 Å². The molecule has 1 aromatic carbocycles. The first-order valence-electron chi connectivity index (χ1n) is 10.4. The molecule has 1 atom stereocenters. The third-order valence-electron chi connectivity index (χ3n) is 4.87. The number of nitrogens with zero attached hydrogens (tertiary/aromatic N) is 2. The second-order valence-corrected chi connectivity index (χ2v) is 8.49. The van der Waals surface area contributed by atoms with Crippen LogP contribution < -0.4 is 5.32 Å². The highest BCUT2D eigenvalue weighted by Crippen LogP contribution is 2.14. The summed E-state index contributed by atoms with van der Waals surface area (Å²) in [4.78, 5) is 41.3. The standard InChI is InChI=1S/C23H29N3O5/c1-23(2,3)31-22(29)26-13-11-25(12-14-26)21(28)18(16-17-8-5-4-6-9-17)24-20(27)19-10-7-15-30-19/h4-10,15,18H,11-14,16H2,1-3H3,(H,24,27). The second kappa shape index (κ2) is 9.68. The fourth-order valence-electron chi connectivity index (χ4n) is 3.34. The van der Waals surface area contributed by atoms with Crippen LogP contribution >= 0.6 is 0 Å². The SMILES string of the molecule is CC(C)(C)OC(=O)N1CCN(C(=O)C(Cc2ccccc2)NC(=O)c2ccco2)CC1. The maximum Gasteiger partial charge on any atom is 0.410 e. The highest BCUT2D eigenvalue weighted by molar-refractivity contribution is 5.95. The Morgan fingerprint density at radius 2 is 1.65 bits per heavy atom. The Morgan fingerprint density at radius 1 is 1.00 bits per heavy atom. The average molecular weight is 428 g/mol. The number of ether oxygens (including phenoxy) is 1. The van der Waals surface area contributed by atoms with Gasteiger partial charge in [0.25, 0.3) is 5.91 Å². The predicted molar refractivity (Wildman–Crippen MR) is 114 cm³/mol. The van der Waals surface area contributed by atoms with Crippen LogP contribution in [0, 0.1) is 0 Å². The summed E-state index contributed by atoms with van der Waals surface area (Å²) in [5.41, 5.74) is 0.369. The van der Waals surface area contributed by atoms with Crippen LogP contribution in [-0.4, -0.2) is 65.5 Å². The van der Waals surface area contributed by atoms with Gasteiger partial charge in [-0.05, 0) is 38.5 Å². The normalized spacial score (nSPS) is 15.3. The summed E-state index contributed by atoms with van der Waals surface area (Å²) in [6, 6.07) is 12.0. The molecule has 0 bridgehead atoms. The van der Waals surface area contributed by atoms with E-state index < -0.39 is 17.6 Å². The molecule has 3 rings (SSSR count). The van der Waals surface area contributed by atoms with E-state index in [1.54, 1.807) is 21.9 Å². The van der Waals surface area contributed by atoms with Gasteiger partial charge in [0.15, 0.2) is 5.76 Å². The molecule has 31 heavy (non-hydrogen) atoms. The zero-order chi connectivity index (χ0) is 22.4. The molecule has 1 N–H and O–H groups in total. The topological polar surface area (TPSA) is 92.1 Å². The molecule has 8 heteroatoms. The summed E-state index contributed by atoms with van der Waals surface area (Å²) < 4.78 is 10.6. The Morgan fingerprint density at radius 3 is 2.23 bits per heavy atom. The van der Waals surface area contributed by atoms with Crippen LogP contribution in [0.3, 0.4) is 0 Å². The Kier molecular flexibility index (Phi) is 6.99. The minimum absolute atomic E-state index is 0.153. The van der Waals surface area contributed by atoms with Gasteiger partial charge in [-0.25, -0.2) is 4.79 Å². The van der Waals surface area contributed by atoms with Crippen molar-refractivity contribution in [3.63, 3.8) is 0 Å². The summed E-state index contributed by atoms with van der Waals surface area (Å²) in [6.07, 6.45) is 1.39. The van der Waals surface area contributed by atoms with Crippen molar-refractivity contribution < 1.29 is 23.5 Å². The van der Waals surface area contributed by atoms with E-state index in [0.717, 1.165) is 5.56 Å². The highest BCUT2D eigenvalue weighted by Gasteiger charge is 2.32. The fourth-order valence-corrected chi connectivity index (χ4v) is 3.34. The highest BCUT2D eigenvalue weighted by atomic mass is 16.6. The Bertz CT molecular complexity index is 882. The lowest BCUT2D eigenvalue weighted by molar-refractivity contribution is -0.135. The molecule has 3 amide bonds. The lowest BCUT2D eigenvalue weighted by atomic mass is 10.0. The average Bonchev–Trinajstić information content (AvgIpc) is 3.27. The van der Waals surface area contributed by atoms with Gasteiger partial charge in [-0.15, -0.1) is 0 Å². The van der Waals surface area contributed by atoms with Gasteiger partial charge in [0.1, 0.15) is 11.6 Å². The number of nitrogens with one attached hydrogen (secondary N) is 1. The quantitative estimate of drug-likeness (QED) is 0.792. The Balaban J connectivity index is 1.65. The van der Waals surface area contributed by atoms with Crippen molar-refractivity contribution in [3.8, 4) is 0 Å². The summed E-state index contributed by atoms with van der Waals surface area (Å²) in [5.74, 6) is -0.472. The van der Waals surface area contributed by atoms with Crippen LogP contribution in [0.25, 0.3) is 0 Å². The first-order valence-corrected chi connectivity index (χ1v) is 10.4. The second-order valence-electron chi connectivity index (χ2n) is 8.49. The van der Waals surface area contributed by atoms with Gasteiger partial charge < -0.3 is 24.3 Å². The molecule has 1 fully saturated rings. The number of furan rings is 1. The molecule has 1 aliphatic heterocycles. The first-order chi connectivity index (χ1) is 14.7. The molecule has 2 heterocycles. The molecule has 0 saturated carbocycles. The molecule has 0 spiro atoms. The zero-order valence-corrected chi connectivity index (χ0v) is 18.2. The van der Waals surface area contributed by atoms with Crippen LogP contribution in [0.15, 0.2) is 53.1 Å². The van der Waals surface area contributed by atoms with Crippen molar-refractivity contribution in [3.05, 3.63) is 60.1 Å². The van der Waals surface area contributed by atoms with E-state index in [1.807, 2.05) is 51.1 Å². The van der Waals surface area contributed by atoms with Gasteiger partial charge in [0, 0.05) is 32.6 Å². The Hall–Kier alpha value is -3.29. The summed E-state index contributed by atoms with van der Waals surface area (Å²) in [7, 11) is 0. The van der Waals surface area contributed by atoms with E-state index in [-0.39, 0.29) is 17.8 Å². The van der Waals surface area contributed by atoms with Crippen molar-refractivity contribution in [2.24, 2.45) is 0 Å². The number of benzene rings is 1. The van der Waals surface area contributed by atoms with Crippen LogP contribution in [0.1, 0.15) is 36.9 Å². The molecule has 1 saturated heterocycles. The van der Waals surface area contributed by atoms with Gasteiger partial charge in [0.2, 0.25) is 5.91 Å². The van der Waals surface area contributed by atoms with Gasteiger partial charge >= 0.3 is 6.09 Å². The molecular formula is C23H29N3O5. The number of rotatable bonds is 5. The van der Waals surface area contributed by atoms with Crippen LogP contribution in [-0.2, 0) is 16.0 Å². The maximum atomic E-state index is 13.3. The lowest BCUT2D eigenvalue weighted by Gasteiger charge is -2.37. The van der Waals surface area contributed by atoms with Crippen molar-refractivity contribution in [2.45, 2.75) is 38.8 Å². The number of hydrogen-bond acceptors (Lipinski definition) is 5. The predicted octanol–water partition coefficient (Wildman–Crippen LogP) is 2.70. The number of carbonyl (C=O) groups is 3. The molecule has 0 radical (unpaired) electrons. The number of hydrogen-bond donors (Lipinski definition) is 1. The number of carbonyl (C=O) groups excluding carboxylic acids is 3. The molecule has 1 aromatic heterocycles. The summed E-state index contributed by atoms with van der Waals surface area (Å²) in [6.45, 7) is 6.97. The van der Waals surface area contributed by atoms with Gasteiger partial charge in [-0.3, -0.25) is 9.59 Å². The van der Waals surface area contributed by atoms with E-state index in [1.165, 1.54) is 6.26 Å². The van der Waals surface area contributed by atoms with Crippen molar-refractivity contribution in [2.75, 3.05) is 26.2 Å². The first kappa shape index (κ1) is 22.4. The lowest BCUT2D eigenvalue weighted by Crippen LogP contribution is -2.56. The molecule has 166 valence electrons. The number of amides is 3. The molecule has 8 nitrogen and oxygen atoms in total. The molecule has 1 aliphatic rings. The van der Waals surface area contributed by atoms with E-state index in [9.17, 15) is 14.4 Å². The van der Waals surface area contributed by atoms with Crippen LogP contribution in [0.4, 0.5) is 4.79 Å². The fraction of sp³-hybridized carbons (Fsp3) is 0.435. The third kappa shape index (κ3) is 6.34. The maximum absolute atomic E-state index is 13.3. The summed E-state index contributed by atoms with van der Waals surface area (Å²) >= 11 is 0. The van der Waals surface area contributed by atoms with Gasteiger partial charge in [-0.2, -0.15) is 0 Å². The zero-order valence-electron chi connectivity index (χ0n) is 18.2. The van der Waals surface area contributed by atoms with Gasteiger partial charge in [0.05, 0.1) is 6.26 Å². The minimum atomic E-state index is -0.743. The minimum Gasteiger partial charge on any atom is -0.459 e. The van der Waals surface area contributed by atoms with Crippen molar-refractivity contribution in [1.82, 2.24) is 15.1 Å². The van der Waals surface area contributed by atoms with E-state index in [0.29, 0.717) is 32.6 Å². The van der Waals surface area contributed by atoms with Crippen LogP contribution in [0.2, 0.25) is 0 Å². The monoisotopic (exact) mass is 427 g/mol. The molecule has 0 aliphatic carbocycles. The van der Waals surface area contributed by atoms with E-state index in [2.05, 4.69) is 5.32 Å². The Labute approximate surface area is 182 Å². The van der Waals surface area contributed by atoms with E-state index >= 15 is 0 Å². The van der Waals surface area contributed by atoms with Gasteiger partial charge in [-0.1, -0.05) is 30.3 Å². The van der Waals surface area contributed by atoms with Crippen molar-refractivity contribution >= 4 is 17.9 Å². The van der Waals surface area contributed by atoms with Crippen LogP contribution in [0.5, 0.6) is 0 Å². The molecular weight excluding hydrogens is 398 g/mol. The largest absolute Gasteiger partial charge is 0.459 e. The summed E-state index contributed by atoms with van der Waals surface area (Å²) in [5, 5.41) is 2.80. The number of piperazine rings is 1.